The fraction of sp³-hybridized carbons (Fsp3) is 0.538. The Morgan fingerprint density at radius 2 is 1.76 bits per heavy atom. The van der Waals surface area contributed by atoms with Gasteiger partial charge >= 0.3 is 0 Å². The Morgan fingerprint density at radius 3 is 2.21 bits per heavy atom. The molecule has 0 spiro atoms. The Hall–Kier alpha value is -2.51. The van der Waals surface area contributed by atoms with E-state index in [1.807, 2.05) is 72.7 Å². The maximum absolute atomic E-state index is 6.14. The number of anilines is 2. The first kappa shape index (κ1) is 33.7. The highest BCUT2D eigenvalue weighted by atomic mass is 35.5. The highest BCUT2D eigenvalue weighted by Gasteiger charge is 2.26. The fourth-order valence-corrected chi connectivity index (χ4v) is 3.10. The Labute approximate surface area is 213 Å². The van der Waals surface area contributed by atoms with Gasteiger partial charge in [-0.3, -0.25) is 0 Å². The van der Waals surface area contributed by atoms with Crippen molar-refractivity contribution in [3.63, 3.8) is 0 Å². The van der Waals surface area contributed by atoms with Crippen molar-refractivity contribution in [2.24, 2.45) is 15.8 Å². The number of nitrogens with one attached hydrogen (secondary N) is 1. The van der Waals surface area contributed by atoms with Crippen LogP contribution in [0.2, 0.25) is 0 Å². The van der Waals surface area contributed by atoms with E-state index in [4.69, 9.17) is 23.1 Å². The van der Waals surface area contributed by atoms with Gasteiger partial charge in [0.2, 0.25) is 5.96 Å². The molecule has 1 saturated heterocycles. The van der Waals surface area contributed by atoms with E-state index in [1.54, 1.807) is 12.2 Å². The number of likely N-dealkylation sites (tertiary alicyclic amines) is 1. The van der Waals surface area contributed by atoms with Crippen LogP contribution >= 0.6 is 11.6 Å². The second-order valence-electron chi connectivity index (χ2n) is 7.01. The third-order valence-corrected chi connectivity index (χ3v) is 4.78. The Bertz CT molecular complexity index is 716. The summed E-state index contributed by atoms with van der Waals surface area (Å²) in [7, 11) is 0. The van der Waals surface area contributed by atoms with Gasteiger partial charge in [-0.05, 0) is 51.3 Å². The number of para-hydroxylation sites is 2. The number of hydrogen-bond donors (Lipinski definition) is 3. The molecule has 7 nitrogen and oxygen atoms in total. The molecule has 1 aromatic rings. The number of nitrogen functional groups attached to an aromatic ring is 1. The Kier molecular flexibility index (Phi) is 22.1. The summed E-state index contributed by atoms with van der Waals surface area (Å²) >= 11 is 5.01. The molecule has 1 fully saturated rings. The van der Waals surface area contributed by atoms with Gasteiger partial charge in [-0.1, -0.05) is 63.6 Å². The molecule has 0 saturated carbocycles. The highest BCUT2D eigenvalue weighted by molar-refractivity contribution is 6.25. The maximum atomic E-state index is 6.14. The largest absolute Gasteiger partial charge is 0.397 e. The number of allylic oxidation sites excluding steroid dienone is 1. The van der Waals surface area contributed by atoms with Crippen molar-refractivity contribution in [1.82, 2.24) is 10.3 Å². The first-order valence-electron chi connectivity index (χ1n) is 12.2. The zero-order chi connectivity index (χ0) is 26.4. The van der Waals surface area contributed by atoms with E-state index >= 15 is 0 Å². The number of nitrogens with zero attached hydrogens (tertiary/aromatic N) is 4. The van der Waals surface area contributed by atoms with Gasteiger partial charge < -0.3 is 21.3 Å². The highest BCUT2D eigenvalue weighted by Crippen LogP contribution is 2.27. The molecule has 0 atom stereocenters. The number of hydrazone groups is 1. The molecule has 8 heteroatoms. The van der Waals surface area contributed by atoms with E-state index in [0.717, 1.165) is 49.0 Å². The predicted molar refractivity (Wildman–Crippen MR) is 155 cm³/mol. The lowest BCUT2D eigenvalue weighted by Crippen LogP contribution is -2.51. The fourth-order valence-electron chi connectivity index (χ4n) is 3.10. The second kappa shape index (κ2) is 22.3. The van der Waals surface area contributed by atoms with Gasteiger partial charge in [-0.2, -0.15) is 5.10 Å². The van der Waals surface area contributed by atoms with Crippen LogP contribution < -0.4 is 21.8 Å². The third kappa shape index (κ3) is 13.3. The van der Waals surface area contributed by atoms with Crippen LogP contribution in [0.25, 0.3) is 0 Å². The number of aliphatic imine (C=N–C) groups is 1. The molecule has 0 unspecified atom stereocenters. The number of hydrogen-bond acceptors (Lipinski definition) is 5. The van der Waals surface area contributed by atoms with Gasteiger partial charge in [0, 0.05) is 24.8 Å². The SMILES string of the molecule is C/C=C/Cl.C=CCN=C(NN=C(C)C)N1CCC(N(CN)c2ccccc2N)CC1.CC.CC. The number of halogens is 1. The van der Waals surface area contributed by atoms with Gasteiger partial charge in [0.25, 0.3) is 0 Å². The number of piperidine rings is 1. The van der Waals surface area contributed by atoms with E-state index in [0.29, 0.717) is 19.3 Å². The topological polar surface area (TPSA) is 95.3 Å². The lowest BCUT2D eigenvalue weighted by molar-refractivity contribution is 0.296. The van der Waals surface area contributed by atoms with Gasteiger partial charge in [0.05, 0.1) is 24.6 Å². The Balaban J connectivity index is 0. The van der Waals surface area contributed by atoms with Crippen LogP contribution in [0.4, 0.5) is 11.4 Å². The summed E-state index contributed by atoms with van der Waals surface area (Å²) in [6.45, 7) is 20.3. The monoisotopic (exact) mass is 493 g/mol. The van der Waals surface area contributed by atoms with Gasteiger partial charge in [0.15, 0.2) is 0 Å². The van der Waals surface area contributed by atoms with Gasteiger partial charge in [-0.15, -0.1) is 6.58 Å². The standard InChI is InChI=1S/C19H31N7.C3H5Cl.2C2H6/c1-4-11-22-19(24-23-15(2)3)25-12-9-16(10-13-25)26(14-20)18-8-6-5-7-17(18)21;1-2-3-4;2*1-2/h4-8,16H,1,9-14,20-21H2,2-3H3,(H,22,24);2-3H,1H3;2*1-2H3/b;3-2+;;. The average molecular weight is 494 g/mol. The van der Waals surface area contributed by atoms with Crippen molar-refractivity contribution < 1.29 is 0 Å². The molecular formula is C26H48ClN7. The van der Waals surface area contributed by atoms with Crippen LogP contribution in [0.5, 0.6) is 0 Å². The molecule has 0 aromatic heterocycles. The van der Waals surface area contributed by atoms with Crippen LogP contribution in [0.1, 0.15) is 61.3 Å². The molecule has 1 aliphatic rings. The van der Waals surface area contributed by atoms with Gasteiger partial charge in [-0.25, -0.2) is 10.4 Å². The molecule has 194 valence electrons. The molecular weight excluding hydrogens is 446 g/mol. The van der Waals surface area contributed by atoms with Crippen molar-refractivity contribution in [3.05, 3.63) is 48.5 Å². The molecule has 5 N–H and O–H groups in total. The van der Waals surface area contributed by atoms with Crippen LogP contribution in [0.15, 0.2) is 58.6 Å². The molecule has 1 aromatic carbocycles. The normalized spacial score (nSPS) is 13.3. The van der Waals surface area contributed by atoms with Crippen molar-refractivity contribution in [1.29, 1.82) is 0 Å². The number of nitrogens with two attached hydrogens (primary N) is 2. The van der Waals surface area contributed by atoms with Crippen LogP contribution in [0.3, 0.4) is 0 Å². The molecule has 1 heterocycles. The summed E-state index contributed by atoms with van der Waals surface area (Å²) in [5.74, 6) is 0.795. The molecule has 0 bridgehead atoms. The van der Waals surface area contributed by atoms with E-state index in [-0.39, 0.29) is 0 Å². The minimum atomic E-state index is 0.359. The van der Waals surface area contributed by atoms with E-state index in [9.17, 15) is 0 Å². The van der Waals surface area contributed by atoms with Gasteiger partial charge in [0.1, 0.15) is 0 Å². The third-order valence-electron chi connectivity index (χ3n) is 4.52. The quantitative estimate of drug-likeness (QED) is 0.116. The number of benzene rings is 1. The lowest BCUT2D eigenvalue weighted by atomic mass is 10.0. The summed E-state index contributed by atoms with van der Waals surface area (Å²) < 4.78 is 0. The molecule has 2 rings (SSSR count). The van der Waals surface area contributed by atoms with Crippen LogP contribution in [-0.2, 0) is 0 Å². The van der Waals surface area contributed by atoms with Crippen molar-refractivity contribution in [2.45, 2.75) is 67.3 Å². The maximum Gasteiger partial charge on any atom is 0.215 e. The molecule has 1 aliphatic heterocycles. The number of rotatable bonds is 6. The van der Waals surface area contributed by atoms with E-state index in [1.165, 1.54) is 5.54 Å². The zero-order valence-electron chi connectivity index (χ0n) is 22.4. The van der Waals surface area contributed by atoms with Crippen molar-refractivity contribution >= 4 is 34.6 Å². The first-order valence-corrected chi connectivity index (χ1v) is 12.6. The average Bonchev–Trinajstić information content (AvgIpc) is 2.88. The van der Waals surface area contributed by atoms with Crippen molar-refractivity contribution in [2.75, 3.05) is 36.9 Å². The summed E-state index contributed by atoms with van der Waals surface area (Å²) in [5.41, 5.74) is 19.5. The second-order valence-corrected chi connectivity index (χ2v) is 7.26. The van der Waals surface area contributed by atoms with E-state index in [2.05, 4.69) is 31.9 Å². The first-order chi connectivity index (χ1) is 16.5. The summed E-state index contributed by atoms with van der Waals surface area (Å²) in [6, 6.07) is 8.26. The zero-order valence-corrected chi connectivity index (χ0v) is 23.1. The smallest absolute Gasteiger partial charge is 0.215 e. The minimum Gasteiger partial charge on any atom is -0.397 e. The molecule has 0 amide bonds. The lowest BCUT2D eigenvalue weighted by Gasteiger charge is -2.40. The van der Waals surface area contributed by atoms with E-state index < -0.39 is 0 Å². The molecule has 34 heavy (non-hydrogen) atoms. The summed E-state index contributed by atoms with van der Waals surface area (Å²) in [4.78, 5) is 8.98. The Morgan fingerprint density at radius 1 is 1.21 bits per heavy atom. The number of guanidine groups is 1. The van der Waals surface area contributed by atoms with Crippen molar-refractivity contribution in [3.8, 4) is 0 Å². The predicted octanol–water partition coefficient (Wildman–Crippen LogP) is 5.79. The molecule has 0 radical (unpaired) electrons. The van der Waals surface area contributed by atoms with Crippen LogP contribution in [-0.4, -0.2) is 48.9 Å². The van der Waals surface area contributed by atoms with Crippen LogP contribution in [0, 0.1) is 0 Å². The molecule has 0 aliphatic carbocycles. The minimum absolute atomic E-state index is 0.359. The summed E-state index contributed by atoms with van der Waals surface area (Å²) in [6.07, 6.45) is 5.51. The summed E-state index contributed by atoms with van der Waals surface area (Å²) in [5, 5.41) is 4.30.